The van der Waals surface area contributed by atoms with Crippen molar-refractivity contribution < 1.29 is 1.43 Å². The maximum Gasteiger partial charge on any atom is 1.00 e. The lowest BCUT2D eigenvalue weighted by molar-refractivity contribution is 0.957. The Morgan fingerprint density at radius 1 is 0.467 bits per heavy atom. The summed E-state index contributed by atoms with van der Waals surface area (Å²) in [7, 11) is 0. The van der Waals surface area contributed by atoms with Crippen molar-refractivity contribution in [1.29, 1.82) is 0 Å². The van der Waals surface area contributed by atoms with E-state index < -0.39 is 0 Å². The maximum absolute atomic E-state index is 4.23. The first-order chi connectivity index (χ1) is 14.8. The summed E-state index contributed by atoms with van der Waals surface area (Å²) >= 11 is 0. The van der Waals surface area contributed by atoms with E-state index in [0.29, 0.717) is 0 Å². The van der Waals surface area contributed by atoms with Crippen LogP contribution >= 0.6 is 0 Å². The molecule has 0 unspecified atom stereocenters. The molecule has 0 N–H and O–H groups in total. The van der Waals surface area contributed by atoms with Crippen LogP contribution in [0.25, 0.3) is 22.3 Å². The molecule has 4 aromatic rings. The zero-order chi connectivity index (χ0) is 19.9. The molecule has 4 aromatic carbocycles. The highest BCUT2D eigenvalue weighted by atomic mass is 15.5. The molecule has 0 saturated heterocycles. The van der Waals surface area contributed by atoms with Gasteiger partial charge in [0.1, 0.15) is 0 Å². The van der Waals surface area contributed by atoms with E-state index in [0.717, 1.165) is 24.2 Å². The topological polar surface area (TPSA) is 49.4 Å². The van der Waals surface area contributed by atoms with Gasteiger partial charge in [-0.05, 0) is 92.1 Å². The quantitative estimate of drug-likeness (QED) is 0.220. The van der Waals surface area contributed by atoms with Gasteiger partial charge in [0.05, 0.1) is 11.4 Å². The Morgan fingerprint density at radius 3 is 1.40 bits per heavy atom. The van der Waals surface area contributed by atoms with Crippen molar-refractivity contribution in [3.63, 3.8) is 0 Å². The molecule has 0 spiro atoms. The molecule has 142 valence electrons. The molecule has 4 nitrogen and oxygen atoms in total. The molecule has 2 aliphatic carbocycles. The third kappa shape index (κ3) is 2.85. The van der Waals surface area contributed by atoms with Gasteiger partial charge in [-0.1, -0.05) is 60.7 Å². The van der Waals surface area contributed by atoms with Crippen LogP contribution in [-0.2, 0) is 12.8 Å². The molecule has 0 heterocycles. The summed E-state index contributed by atoms with van der Waals surface area (Å²) in [4.78, 5) is 0. The molecule has 30 heavy (non-hydrogen) atoms. The van der Waals surface area contributed by atoms with Gasteiger partial charge in [0, 0.05) is 0 Å². The van der Waals surface area contributed by atoms with Crippen molar-refractivity contribution in [3.05, 3.63) is 107 Å². The molecule has 0 saturated carbocycles. The van der Waals surface area contributed by atoms with Gasteiger partial charge in [0.2, 0.25) is 0 Å². The second kappa shape index (κ2) is 6.85. The number of hydrogen-bond donors (Lipinski definition) is 0. The molecule has 0 fully saturated rings. The van der Waals surface area contributed by atoms with Gasteiger partial charge in [-0.3, -0.25) is 0 Å². The highest BCUT2D eigenvalue weighted by Gasteiger charge is 2.18. The smallest absolute Gasteiger partial charge is 0.129 e. The van der Waals surface area contributed by atoms with Crippen molar-refractivity contribution >= 4 is 11.4 Å². The number of benzene rings is 4. The van der Waals surface area contributed by atoms with Gasteiger partial charge >= 0.3 is 1.43 Å². The summed E-state index contributed by atoms with van der Waals surface area (Å²) in [5.74, 6) is 0. The van der Waals surface area contributed by atoms with Crippen molar-refractivity contribution in [1.82, 2.24) is 0 Å². The Morgan fingerprint density at radius 2 is 0.900 bits per heavy atom. The highest BCUT2D eigenvalue weighted by molar-refractivity contribution is 5.79. The van der Waals surface area contributed by atoms with Crippen LogP contribution in [0.1, 0.15) is 23.7 Å². The lowest BCUT2D eigenvalue weighted by atomic mass is 10.1. The molecule has 6 rings (SSSR count). The minimum atomic E-state index is 0. The van der Waals surface area contributed by atoms with E-state index >= 15 is 0 Å². The molecule has 0 bridgehead atoms. The molecular weight excluding hydrogens is 368 g/mol. The third-order valence-electron chi connectivity index (χ3n) is 5.91. The van der Waals surface area contributed by atoms with Crippen LogP contribution in [0.5, 0.6) is 0 Å². The molecule has 0 atom stereocenters. The predicted octanol–water partition coefficient (Wildman–Crippen LogP) is 7.72. The predicted molar refractivity (Wildman–Crippen MR) is 120 cm³/mol. The fourth-order valence-electron chi connectivity index (χ4n) is 4.53. The maximum atomic E-state index is 4.23. The summed E-state index contributed by atoms with van der Waals surface area (Å²) in [6.07, 6.45) is 1.88. The van der Waals surface area contributed by atoms with Crippen LogP contribution in [0, 0.1) is 0 Å². The summed E-state index contributed by atoms with van der Waals surface area (Å²) in [6.45, 7) is 0. The van der Waals surface area contributed by atoms with Crippen LogP contribution in [0.4, 0.5) is 11.4 Å². The molecule has 2 aliphatic rings. The Labute approximate surface area is 176 Å². The Balaban J connectivity index is 0.00000204. The van der Waals surface area contributed by atoms with E-state index in [9.17, 15) is 0 Å². The molecule has 0 amide bonds. The van der Waals surface area contributed by atoms with Crippen LogP contribution in [0.3, 0.4) is 0 Å². The second-order valence-corrected chi connectivity index (χ2v) is 7.73. The van der Waals surface area contributed by atoms with Gasteiger partial charge in [-0.15, -0.1) is 10.2 Å². The number of fused-ring (bicyclic) bond motifs is 6. The Bertz CT molecular complexity index is 1250. The molecule has 0 radical (unpaired) electrons. The van der Waals surface area contributed by atoms with E-state index in [1.807, 2.05) is 12.1 Å². The lowest BCUT2D eigenvalue weighted by Crippen LogP contribution is -1.79. The van der Waals surface area contributed by atoms with Gasteiger partial charge in [-0.2, -0.15) is 0 Å². The van der Waals surface area contributed by atoms with Crippen molar-refractivity contribution in [2.24, 2.45) is 20.7 Å². The van der Waals surface area contributed by atoms with Gasteiger partial charge in [-0.25, -0.2) is 0 Å². The molecule has 4 heteroatoms. The largest absolute Gasteiger partial charge is 1.00 e. The third-order valence-corrected chi connectivity index (χ3v) is 5.91. The van der Waals surface area contributed by atoms with Gasteiger partial charge in [0.25, 0.3) is 0 Å². The van der Waals surface area contributed by atoms with Gasteiger partial charge in [0.15, 0.2) is 0 Å². The summed E-state index contributed by atoms with van der Waals surface area (Å²) in [5, 5.41) is 16.3. The molecule has 0 aliphatic heterocycles. The average Bonchev–Trinajstić information content (AvgIpc) is 3.34. The van der Waals surface area contributed by atoms with E-state index in [-0.39, 0.29) is 1.43 Å². The minimum absolute atomic E-state index is 0. The normalized spacial score (nSPS) is 13.5. The first-order valence-corrected chi connectivity index (χ1v) is 10.1. The monoisotopic (exact) mass is 387 g/mol. The SMILES string of the molecule is [H+].c1ccc2c(c1)Cc1cc(N=NN=Nc3ccc4c(c3)Cc3ccccc3-4)ccc1-2. The van der Waals surface area contributed by atoms with E-state index in [1.54, 1.807) is 0 Å². The zero-order valence-electron chi connectivity index (χ0n) is 17.3. The Hall–Kier alpha value is -3.92. The zero-order valence-corrected chi connectivity index (χ0v) is 16.3. The van der Waals surface area contributed by atoms with Crippen LogP contribution in [0.15, 0.2) is 106 Å². The number of hydrogen-bond acceptors (Lipinski definition) is 2. The Kier molecular flexibility index (Phi) is 3.88. The van der Waals surface area contributed by atoms with E-state index in [2.05, 4.69) is 93.5 Å². The van der Waals surface area contributed by atoms with Crippen molar-refractivity contribution in [3.8, 4) is 22.3 Å². The number of rotatable bonds is 3. The van der Waals surface area contributed by atoms with Gasteiger partial charge < -0.3 is 0 Å². The van der Waals surface area contributed by atoms with Crippen LogP contribution in [0.2, 0.25) is 0 Å². The summed E-state index contributed by atoms with van der Waals surface area (Å²) in [5.41, 5.74) is 12.1. The highest BCUT2D eigenvalue weighted by Crippen LogP contribution is 2.39. The van der Waals surface area contributed by atoms with Crippen LogP contribution < -0.4 is 0 Å². The first kappa shape index (κ1) is 17.0. The molecule has 0 aromatic heterocycles. The fourth-order valence-corrected chi connectivity index (χ4v) is 4.53. The second-order valence-electron chi connectivity index (χ2n) is 7.73. The van der Waals surface area contributed by atoms with E-state index in [1.165, 1.54) is 44.5 Å². The molecular formula is C26H19N4+. The lowest BCUT2D eigenvalue weighted by Gasteiger charge is -2.01. The summed E-state index contributed by atoms with van der Waals surface area (Å²) in [6, 6.07) is 29.4. The minimum Gasteiger partial charge on any atom is -0.129 e. The summed E-state index contributed by atoms with van der Waals surface area (Å²) < 4.78 is 0. The number of nitrogens with zero attached hydrogens (tertiary/aromatic N) is 4. The fraction of sp³-hybridized carbons (Fsp3) is 0.0769. The van der Waals surface area contributed by atoms with Crippen molar-refractivity contribution in [2.45, 2.75) is 12.8 Å². The first-order valence-electron chi connectivity index (χ1n) is 10.1. The standard InChI is InChI=1S/C26H18N4/c1-3-7-23-17(5-1)13-19-15-21(9-11-25(19)23)27-29-30-28-22-10-12-26-20(16-22)14-18-6-2-4-8-24(18)26/h1-12,15-16H,13-14H2/p+1. The van der Waals surface area contributed by atoms with Crippen LogP contribution in [-0.4, -0.2) is 0 Å². The average molecular weight is 387 g/mol. The van der Waals surface area contributed by atoms with Crippen molar-refractivity contribution in [2.75, 3.05) is 0 Å². The van der Waals surface area contributed by atoms with E-state index in [4.69, 9.17) is 0 Å².